The van der Waals surface area contributed by atoms with Gasteiger partial charge in [-0.3, -0.25) is 4.79 Å². The summed E-state index contributed by atoms with van der Waals surface area (Å²) in [5, 5.41) is 3.09. The third-order valence-corrected chi connectivity index (χ3v) is 4.99. The minimum absolute atomic E-state index is 0.00524. The first-order valence-corrected chi connectivity index (χ1v) is 9.54. The first kappa shape index (κ1) is 18.0. The summed E-state index contributed by atoms with van der Waals surface area (Å²) in [6.45, 7) is 1.95. The van der Waals surface area contributed by atoms with Crippen LogP contribution in [0.2, 0.25) is 0 Å². The van der Waals surface area contributed by atoms with Gasteiger partial charge >= 0.3 is 0 Å². The molecule has 140 valence electrons. The van der Waals surface area contributed by atoms with E-state index in [4.69, 9.17) is 0 Å². The fourth-order valence-electron chi connectivity index (χ4n) is 3.53. The van der Waals surface area contributed by atoms with Crippen molar-refractivity contribution in [1.82, 2.24) is 15.3 Å². The number of carbonyl (C=O) groups is 1. The Kier molecular flexibility index (Phi) is 5.20. The average molecular weight is 369 g/mol. The first-order valence-electron chi connectivity index (χ1n) is 9.54. The maximum atomic E-state index is 12.8. The molecule has 4 aromatic rings. The summed E-state index contributed by atoms with van der Waals surface area (Å²) in [6, 6.07) is 28.0. The number of carbonyl (C=O) groups excluding carboxylic acids is 1. The number of rotatable bonds is 6. The minimum atomic E-state index is -0.188. The fourth-order valence-corrected chi connectivity index (χ4v) is 3.53. The Morgan fingerprint density at radius 3 is 2.07 bits per heavy atom. The molecule has 0 bridgehead atoms. The molecular formula is C24H23N3O. The molecule has 3 aromatic carbocycles. The van der Waals surface area contributed by atoms with Gasteiger partial charge in [0.1, 0.15) is 5.82 Å². The van der Waals surface area contributed by atoms with Gasteiger partial charge in [-0.2, -0.15) is 0 Å². The number of hydrogen-bond acceptors (Lipinski definition) is 2. The van der Waals surface area contributed by atoms with Crippen molar-refractivity contribution in [3.8, 4) is 0 Å². The number of para-hydroxylation sites is 2. The lowest BCUT2D eigenvalue weighted by molar-refractivity contribution is -0.122. The second kappa shape index (κ2) is 8.09. The molecule has 28 heavy (non-hydrogen) atoms. The SMILES string of the molecule is C[C@H](NC(=O)CC(c1ccccc1)c1ccccc1)c1nc2ccccc2[nH]1. The van der Waals surface area contributed by atoms with E-state index in [0.29, 0.717) is 6.42 Å². The Hall–Kier alpha value is -3.40. The van der Waals surface area contributed by atoms with E-state index in [1.54, 1.807) is 0 Å². The van der Waals surface area contributed by atoms with E-state index in [9.17, 15) is 4.79 Å². The van der Waals surface area contributed by atoms with E-state index >= 15 is 0 Å². The summed E-state index contributed by atoms with van der Waals surface area (Å²) in [7, 11) is 0. The number of nitrogens with one attached hydrogen (secondary N) is 2. The summed E-state index contributed by atoms with van der Waals surface area (Å²) < 4.78 is 0. The summed E-state index contributed by atoms with van der Waals surface area (Å²) in [5.74, 6) is 0.793. The van der Waals surface area contributed by atoms with Crippen LogP contribution in [0.15, 0.2) is 84.9 Å². The number of aromatic nitrogens is 2. The van der Waals surface area contributed by atoms with Crippen LogP contribution in [-0.2, 0) is 4.79 Å². The van der Waals surface area contributed by atoms with Crippen LogP contribution in [0, 0.1) is 0 Å². The molecule has 4 rings (SSSR count). The summed E-state index contributed by atoms with van der Waals surface area (Å²) in [6.07, 6.45) is 0.387. The third kappa shape index (κ3) is 3.96. The average Bonchev–Trinajstić information content (AvgIpc) is 3.18. The summed E-state index contributed by atoms with van der Waals surface area (Å²) in [5.41, 5.74) is 4.16. The number of nitrogens with zero attached hydrogens (tertiary/aromatic N) is 1. The fraction of sp³-hybridized carbons (Fsp3) is 0.167. The van der Waals surface area contributed by atoms with Gasteiger partial charge in [-0.05, 0) is 30.2 Å². The lowest BCUT2D eigenvalue weighted by atomic mass is 9.88. The molecule has 1 aromatic heterocycles. The molecule has 0 spiro atoms. The van der Waals surface area contributed by atoms with Crippen LogP contribution in [0.25, 0.3) is 11.0 Å². The molecular weight excluding hydrogens is 346 g/mol. The van der Waals surface area contributed by atoms with Gasteiger partial charge in [0.15, 0.2) is 0 Å². The van der Waals surface area contributed by atoms with E-state index in [2.05, 4.69) is 39.6 Å². The number of imidazole rings is 1. The van der Waals surface area contributed by atoms with E-state index in [1.165, 1.54) is 0 Å². The highest BCUT2D eigenvalue weighted by atomic mass is 16.1. The molecule has 1 amide bonds. The van der Waals surface area contributed by atoms with Crippen molar-refractivity contribution in [1.29, 1.82) is 0 Å². The van der Waals surface area contributed by atoms with E-state index in [0.717, 1.165) is 28.0 Å². The van der Waals surface area contributed by atoms with Crippen molar-refractivity contribution < 1.29 is 4.79 Å². The van der Waals surface area contributed by atoms with Gasteiger partial charge < -0.3 is 10.3 Å². The van der Waals surface area contributed by atoms with Crippen LogP contribution in [0.1, 0.15) is 42.3 Å². The Balaban J connectivity index is 1.51. The van der Waals surface area contributed by atoms with Crippen molar-refractivity contribution in [3.05, 3.63) is 102 Å². The molecule has 0 unspecified atom stereocenters. The van der Waals surface area contributed by atoms with Crippen LogP contribution >= 0.6 is 0 Å². The quantitative estimate of drug-likeness (QED) is 0.504. The van der Waals surface area contributed by atoms with E-state index in [1.807, 2.05) is 67.6 Å². The van der Waals surface area contributed by atoms with Crippen molar-refractivity contribution in [3.63, 3.8) is 0 Å². The van der Waals surface area contributed by atoms with Gasteiger partial charge in [-0.1, -0.05) is 72.8 Å². The smallest absolute Gasteiger partial charge is 0.221 e. The zero-order chi connectivity index (χ0) is 19.3. The van der Waals surface area contributed by atoms with Gasteiger partial charge in [0.2, 0.25) is 5.91 Å². The van der Waals surface area contributed by atoms with Crippen molar-refractivity contribution in [2.45, 2.75) is 25.3 Å². The molecule has 2 N–H and O–H groups in total. The van der Waals surface area contributed by atoms with Crippen LogP contribution < -0.4 is 5.32 Å². The lowest BCUT2D eigenvalue weighted by Gasteiger charge is -2.19. The first-order chi connectivity index (χ1) is 13.7. The number of H-pyrrole nitrogens is 1. The highest BCUT2D eigenvalue weighted by Gasteiger charge is 2.20. The normalized spacial score (nSPS) is 12.2. The van der Waals surface area contributed by atoms with Crippen molar-refractivity contribution in [2.24, 2.45) is 0 Å². The highest BCUT2D eigenvalue weighted by molar-refractivity contribution is 5.78. The molecule has 0 saturated carbocycles. The van der Waals surface area contributed by atoms with Crippen molar-refractivity contribution >= 4 is 16.9 Å². The lowest BCUT2D eigenvalue weighted by Crippen LogP contribution is -2.28. The monoisotopic (exact) mass is 369 g/mol. The van der Waals surface area contributed by atoms with E-state index in [-0.39, 0.29) is 17.9 Å². The molecule has 0 aliphatic heterocycles. The van der Waals surface area contributed by atoms with Gasteiger partial charge in [-0.15, -0.1) is 0 Å². The van der Waals surface area contributed by atoms with Crippen molar-refractivity contribution in [2.75, 3.05) is 0 Å². The largest absolute Gasteiger partial charge is 0.346 e. The number of aromatic amines is 1. The second-order valence-corrected chi connectivity index (χ2v) is 7.01. The Morgan fingerprint density at radius 2 is 1.46 bits per heavy atom. The van der Waals surface area contributed by atoms with Gasteiger partial charge in [0, 0.05) is 12.3 Å². The molecule has 0 radical (unpaired) electrons. The van der Waals surface area contributed by atoms with E-state index < -0.39 is 0 Å². The van der Waals surface area contributed by atoms with Crippen LogP contribution in [0.5, 0.6) is 0 Å². The van der Waals surface area contributed by atoms with Gasteiger partial charge in [-0.25, -0.2) is 4.98 Å². The topological polar surface area (TPSA) is 57.8 Å². The zero-order valence-corrected chi connectivity index (χ0v) is 15.8. The summed E-state index contributed by atoms with van der Waals surface area (Å²) >= 11 is 0. The highest BCUT2D eigenvalue weighted by Crippen LogP contribution is 2.28. The van der Waals surface area contributed by atoms with Gasteiger partial charge in [0.05, 0.1) is 17.1 Å². The van der Waals surface area contributed by atoms with Crippen LogP contribution in [0.3, 0.4) is 0 Å². The second-order valence-electron chi connectivity index (χ2n) is 7.01. The van der Waals surface area contributed by atoms with Gasteiger partial charge in [0.25, 0.3) is 0 Å². The maximum absolute atomic E-state index is 12.8. The number of fused-ring (bicyclic) bond motifs is 1. The molecule has 0 saturated heterocycles. The molecule has 1 atom stereocenters. The predicted octanol–water partition coefficient (Wildman–Crippen LogP) is 4.96. The summed E-state index contributed by atoms with van der Waals surface area (Å²) in [4.78, 5) is 20.7. The zero-order valence-electron chi connectivity index (χ0n) is 15.8. The molecule has 0 fully saturated rings. The number of amides is 1. The molecule has 4 heteroatoms. The maximum Gasteiger partial charge on any atom is 0.221 e. The molecule has 1 heterocycles. The van der Waals surface area contributed by atoms with Crippen LogP contribution in [-0.4, -0.2) is 15.9 Å². The molecule has 0 aliphatic rings. The Labute approximate surface area is 164 Å². The predicted molar refractivity (Wildman–Crippen MR) is 112 cm³/mol. The Morgan fingerprint density at radius 1 is 0.893 bits per heavy atom. The third-order valence-electron chi connectivity index (χ3n) is 4.99. The number of benzene rings is 3. The Bertz CT molecular complexity index is 984. The standard InChI is InChI=1S/C24H23N3O/c1-17(24-26-21-14-8-9-15-22(21)27-24)25-23(28)16-20(18-10-4-2-5-11-18)19-12-6-3-7-13-19/h2-15,17,20H,16H2,1H3,(H,25,28)(H,26,27)/t17-/m0/s1. The van der Waals surface area contributed by atoms with Crippen LogP contribution in [0.4, 0.5) is 0 Å². The molecule has 0 aliphatic carbocycles. The number of hydrogen-bond donors (Lipinski definition) is 2. The minimum Gasteiger partial charge on any atom is -0.346 e. The molecule has 4 nitrogen and oxygen atoms in total.